The second-order valence-corrected chi connectivity index (χ2v) is 2.42. The molecule has 0 radical (unpaired) electrons. The molecular weight excluding hydrogens is 158 g/mol. The van der Waals surface area contributed by atoms with Crippen LogP contribution < -0.4 is 0 Å². The summed E-state index contributed by atoms with van der Waals surface area (Å²) in [5, 5.41) is 3.53. The molecule has 1 aliphatic rings. The first-order chi connectivity index (χ1) is 5.66. The molecule has 4 heteroatoms. The molecule has 0 bridgehead atoms. The fraction of sp³-hybridized carbons (Fsp3) is 0.500. The number of rotatable bonds is 2. The number of carbonyl (C=O) groups is 1. The standard InChI is InChI=1S/C8H11NO3/c1-4-11-6(3)7-5(2)9-12-8(7)10/h4H2,1-3H3/b7-6-. The van der Waals surface area contributed by atoms with E-state index in [2.05, 4.69) is 9.99 Å². The van der Waals surface area contributed by atoms with Crippen molar-refractivity contribution < 1.29 is 14.4 Å². The SMILES string of the molecule is CCO/C(C)=C1\C(=O)ON=C1C. The Hall–Kier alpha value is -1.32. The van der Waals surface area contributed by atoms with Gasteiger partial charge in [-0.2, -0.15) is 0 Å². The van der Waals surface area contributed by atoms with Gasteiger partial charge in [-0.25, -0.2) is 4.79 Å². The summed E-state index contributed by atoms with van der Waals surface area (Å²) in [5.74, 6) is 0.139. The summed E-state index contributed by atoms with van der Waals surface area (Å²) in [5.41, 5.74) is 1.02. The fourth-order valence-electron chi connectivity index (χ4n) is 1.04. The van der Waals surface area contributed by atoms with Crippen LogP contribution in [0, 0.1) is 0 Å². The van der Waals surface area contributed by atoms with E-state index >= 15 is 0 Å². The molecule has 4 nitrogen and oxygen atoms in total. The van der Waals surface area contributed by atoms with Gasteiger partial charge in [-0.3, -0.25) is 0 Å². The lowest BCUT2D eigenvalue weighted by Crippen LogP contribution is -2.07. The van der Waals surface area contributed by atoms with E-state index in [0.717, 1.165) is 0 Å². The molecule has 0 atom stereocenters. The molecule has 0 spiro atoms. The van der Waals surface area contributed by atoms with Crippen LogP contribution in [0.25, 0.3) is 0 Å². The fourth-order valence-corrected chi connectivity index (χ4v) is 1.04. The van der Waals surface area contributed by atoms with Crippen molar-refractivity contribution in [3.05, 3.63) is 11.3 Å². The third kappa shape index (κ3) is 1.47. The van der Waals surface area contributed by atoms with Crippen molar-refractivity contribution in [2.75, 3.05) is 6.61 Å². The van der Waals surface area contributed by atoms with E-state index in [1.165, 1.54) is 0 Å². The van der Waals surface area contributed by atoms with E-state index in [9.17, 15) is 4.79 Å². The van der Waals surface area contributed by atoms with Crippen molar-refractivity contribution in [1.29, 1.82) is 0 Å². The zero-order chi connectivity index (χ0) is 9.14. The molecule has 0 saturated heterocycles. The van der Waals surface area contributed by atoms with E-state index < -0.39 is 5.97 Å². The summed E-state index contributed by atoms with van der Waals surface area (Å²) >= 11 is 0. The molecule has 12 heavy (non-hydrogen) atoms. The Balaban J connectivity index is 2.91. The Labute approximate surface area is 70.8 Å². The van der Waals surface area contributed by atoms with E-state index in [4.69, 9.17) is 4.74 Å². The molecule has 0 aliphatic carbocycles. The van der Waals surface area contributed by atoms with Gasteiger partial charge in [0.2, 0.25) is 0 Å². The topological polar surface area (TPSA) is 47.9 Å². The molecule has 0 unspecified atom stereocenters. The molecule has 0 aromatic rings. The van der Waals surface area contributed by atoms with Gasteiger partial charge >= 0.3 is 5.97 Å². The average Bonchev–Trinajstić information content (AvgIpc) is 2.32. The monoisotopic (exact) mass is 169 g/mol. The molecule has 1 aliphatic heterocycles. The van der Waals surface area contributed by atoms with Crippen molar-refractivity contribution in [2.24, 2.45) is 5.16 Å². The molecule has 1 heterocycles. The molecule has 0 saturated carbocycles. The lowest BCUT2D eigenvalue weighted by Gasteiger charge is -2.03. The van der Waals surface area contributed by atoms with Crippen molar-refractivity contribution in [2.45, 2.75) is 20.8 Å². The van der Waals surface area contributed by atoms with Gasteiger partial charge in [-0.05, 0) is 20.8 Å². The largest absolute Gasteiger partial charge is 0.498 e. The number of carbonyl (C=O) groups excluding carboxylic acids is 1. The lowest BCUT2D eigenvalue weighted by molar-refractivity contribution is -0.137. The van der Waals surface area contributed by atoms with Crippen LogP contribution in [0.3, 0.4) is 0 Å². The summed E-state index contributed by atoms with van der Waals surface area (Å²) < 4.78 is 5.16. The zero-order valence-electron chi connectivity index (χ0n) is 7.38. The van der Waals surface area contributed by atoms with Crippen LogP contribution in [0.5, 0.6) is 0 Å². The number of allylic oxidation sites excluding steroid dienone is 1. The van der Waals surface area contributed by atoms with E-state index in [0.29, 0.717) is 23.7 Å². The van der Waals surface area contributed by atoms with Crippen LogP contribution >= 0.6 is 0 Å². The minimum Gasteiger partial charge on any atom is -0.498 e. The third-order valence-electron chi connectivity index (χ3n) is 1.54. The Bertz CT molecular complexity index is 265. The first-order valence-electron chi connectivity index (χ1n) is 3.76. The third-order valence-corrected chi connectivity index (χ3v) is 1.54. The molecule has 0 N–H and O–H groups in total. The summed E-state index contributed by atoms with van der Waals surface area (Å²) in [7, 11) is 0. The molecule has 0 fully saturated rings. The summed E-state index contributed by atoms with van der Waals surface area (Å²) in [6.45, 7) is 5.83. The average molecular weight is 169 g/mol. The first kappa shape index (κ1) is 8.77. The van der Waals surface area contributed by atoms with Gasteiger partial charge in [0.05, 0.1) is 12.3 Å². The van der Waals surface area contributed by atoms with Crippen LogP contribution in [-0.4, -0.2) is 18.3 Å². The van der Waals surface area contributed by atoms with Gasteiger partial charge in [-0.1, -0.05) is 5.16 Å². The Kier molecular flexibility index (Phi) is 2.47. The smallest absolute Gasteiger partial charge is 0.371 e. The lowest BCUT2D eigenvalue weighted by atomic mass is 10.1. The maximum absolute atomic E-state index is 11.0. The Morgan fingerprint density at radius 2 is 2.33 bits per heavy atom. The maximum Gasteiger partial charge on any atom is 0.371 e. The van der Waals surface area contributed by atoms with Crippen molar-refractivity contribution >= 4 is 11.7 Å². The van der Waals surface area contributed by atoms with Gasteiger partial charge in [0, 0.05) is 0 Å². The normalized spacial score (nSPS) is 20.2. The highest BCUT2D eigenvalue weighted by atomic mass is 16.7. The predicted octanol–water partition coefficient (Wildman–Crippen LogP) is 1.23. The molecular formula is C8H11NO3. The van der Waals surface area contributed by atoms with Gasteiger partial charge in [0.15, 0.2) is 0 Å². The molecule has 66 valence electrons. The number of hydrogen-bond acceptors (Lipinski definition) is 4. The molecule has 0 aromatic carbocycles. The quantitative estimate of drug-likeness (QED) is 0.355. The molecule has 1 rings (SSSR count). The highest BCUT2D eigenvalue weighted by Gasteiger charge is 2.25. The van der Waals surface area contributed by atoms with E-state index in [1.54, 1.807) is 13.8 Å². The van der Waals surface area contributed by atoms with Gasteiger partial charge in [0.25, 0.3) is 0 Å². The minimum atomic E-state index is -0.432. The van der Waals surface area contributed by atoms with Gasteiger partial charge < -0.3 is 9.57 Å². The maximum atomic E-state index is 11.0. The van der Waals surface area contributed by atoms with Crippen molar-refractivity contribution in [3.8, 4) is 0 Å². The summed E-state index contributed by atoms with van der Waals surface area (Å²) in [6.07, 6.45) is 0. The molecule has 0 aromatic heterocycles. The second-order valence-electron chi connectivity index (χ2n) is 2.42. The summed E-state index contributed by atoms with van der Waals surface area (Å²) in [4.78, 5) is 15.5. The Morgan fingerprint density at radius 1 is 1.67 bits per heavy atom. The minimum absolute atomic E-state index is 0.432. The number of ether oxygens (including phenoxy) is 1. The van der Waals surface area contributed by atoms with Crippen LogP contribution in [0.1, 0.15) is 20.8 Å². The van der Waals surface area contributed by atoms with Crippen LogP contribution in [0.4, 0.5) is 0 Å². The number of hydrogen-bond donors (Lipinski definition) is 0. The zero-order valence-corrected chi connectivity index (χ0v) is 7.38. The van der Waals surface area contributed by atoms with Crippen LogP contribution in [0.2, 0.25) is 0 Å². The highest BCUT2D eigenvalue weighted by Crippen LogP contribution is 2.15. The van der Waals surface area contributed by atoms with Gasteiger partial charge in [0.1, 0.15) is 11.3 Å². The van der Waals surface area contributed by atoms with Crippen molar-refractivity contribution in [3.63, 3.8) is 0 Å². The molecule has 0 amide bonds. The van der Waals surface area contributed by atoms with Gasteiger partial charge in [-0.15, -0.1) is 0 Å². The summed E-state index contributed by atoms with van der Waals surface area (Å²) in [6, 6.07) is 0. The first-order valence-corrected chi connectivity index (χ1v) is 3.76. The number of nitrogens with zero attached hydrogens (tertiary/aromatic N) is 1. The van der Waals surface area contributed by atoms with Crippen LogP contribution in [0.15, 0.2) is 16.5 Å². The van der Waals surface area contributed by atoms with Crippen LogP contribution in [-0.2, 0) is 14.4 Å². The predicted molar refractivity (Wildman–Crippen MR) is 43.5 cm³/mol. The highest BCUT2D eigenvalue weighted by molar-refractivity contribution is 6.21. The Morgan fingerprint density at radius 3 is 2.75 bits per heavy atom. The number of oxime groups is 1. The van der Waals surface area contributed by atoms with Crippen molar-refractivity contribution in [1.82, 2.24) is 0 Å². The van der Waals surface area contributed by atoms with E-state index in [-0.39, 0.29) is 0 Å². The second kappa shape index (κ2) is 3.38. The van der Waals surface area contributed by atoms with E-state index in [1.807, 2.05) is 6.92 Å².